The third-order valence-corrected chi connectivity index (χ3v) is 6.44. The number of hydrogen-bond donors (Lipinski definition) is 0. The van der Waals surface area contributed by atoms with E-state index < -0.39 is 0 Å². The van der Waals surface area contributed by atoms with Crippen LogP contribution in [0, 0.1) is 35.5 Å². The highest BCUT2D eigenvalue weighted by Crippen LogP contribution is 2.31. The Morgan fingerprint density at radius 1 is 0.781 bits per heavy atom. The summed E-state index contributed by atoms with van der Waals surface area (Å²) in [5.41, 5.74) is 1.01. The fourth-order valence-corrected chi connectivity index (χ4v) is 4.36. The lowest BCUT2D eigenvalue weighted by atomic mass is 9.80. The summed E-state index contributed by atoms with van der Waals surface area (Å²) < 4.78 is 5.78. The van der Waals surface area contributed by atoms with Crippen molar-refractivity contribution in [3.05, 3.63) is 42.0 Å². The molecule has 1 saturated carbocycles. The molecule has 0 N–H and O–H groups in total. The van der Waals surface area contributed by atoms with Crippen LogP contribution in [-0.4, -0.2) is 6.61 Å². The topological polar surface area (TPSA) is 9.23 Å². The fourth-order valence-electron chi connectivity index (χ4n) is 4.36. The first-order valence-electron chi connectivity index (χ1n) is 13.2. The first-order chi connectivity index (χ1) is 15.8. The molecular weight excluding hydrogens is 388 g/mol. The van der Waals surface area contributed by atoms with Gasteiger partial charge in [-0.05, 0) is 74.4 Å². The van der Waals surface area contributed by atoms with E-state index in [0.29, 0.717) is 5.92 Å². The smallest absolute Gasteiger partial charge is 0.119 e. The normalized spacial score (nSPS) is 17.9. The van der Waals surface area contributed by atoms with Gasteiger partial charge in [-0.15, -0.1) is 0 Å². The van der Waals surface area contributed by atoms with Crippen molar-refractivity contribution < 1.29 is 4.74 Å². The Balaban J connectivity index is 1.61. The zero-order chi connectivity index (χ0) is 22.7. The summed E-state index contributed by atoms with van der Waals surface area (Å²) in [5, 5.41) is 0. The Labute approximate surface area is 198 Å². The van der Waals surface area contributed by atoms with E-state index in [4.69, 9.17) is 4.74 Å². The minimum Gasteiger partial charge on any atom is -0.494 e. The standard InChI is InChI=1S/C31H44O/c1-3-5-7-9-12-16-28-19-21-29(22-20-28)17-13-10-11-14-18-30-23-25-31(26-24-30)32-27-15-8-6-4-2/h10-11,23-26,28-29H,3-9,12,15-16,19-22,27H2,1-2H3/b11-10+. The maximum Gasteiger partial charge on any atom is 0.119 e. The lowest BCUT2D eigenvalue weighted by Crippen LogP contribution is -2.13. The molecule has 0 bridgehead atoms. The molecule has 1 aliphatic rings. The maximum absolute atomic E-state index is 5.78. The molecule has 1 fully saturated rings. The number of hydrogen-bond acceptors (Lipinski definition) is 1. The summed E-state index contributed by atoms with van der Waals surface area (Å²) in [6, 6.07) is 8.07. The van der Waals surface area contributed by atoms with Crippen LogP contribution in [0.15, 0.2) is 36.4 Å². The number of rotatable bonds is 12. The minimum atomic E-state index is 0.582. The van der Waals surface area contributed by atoms with E-state index >= 15 is 0 Å². The Kier molecular flexibility index (Phi) is 14.2. The van der Waals surface area contributed by atoms with Crippen LogP contribution in [0.1, 0.15) is 109 Å². The Bertz CT molecular complexity index is 742. The second kappa shape index (κ2) is 17.4. The van der Waals surface area contributed by atoms with Crippen molar-refractivity contribution in [2.24, 2.45) is 11.8 Å². The highest BCUT2D eigenvalue weighted by Gasteiger charge is 2.19. The molecule has 0 radical (unpaired) electrons. The van der Waals surface area contributed by atoms with Crippen molar-refractivity contribution in [3.8, 4) is 29.4 Å². The van der Waals surface area contributed by atoms with Crippen LogP contribution in [0.5, 0.6) is 5.75 Å². The quantitative estimate of drug-likeness (QED) is 0.237. The van der Waals surface area contributed by atoms with Crippen molar-refractivity contribution in [3.63, 3.8) is 0 Å². The van der Waals surface area contributed by atoms with E-state index in [9.17, 15) is 0 Å². The number of unbranched alkanes of at least 4 members (excludes halogenated alkanes) is 7. The molecular formula is C31H44O. The monoisotopic (exact) mass is 432 g/mol. The molecule has 174 valence electrons. The molecule has 1 aromatic carbocycles. The first-order valence-corrected chi connectivity index (χ1v) is 13.2. The molecule has 0 spiro atoms. The highest BCUT2D eigenvalue weighted by molar-refractivity contribution is 5.40. The van der Waals surface area contributed by atoms with Crippen LogP contribution in [0.3, 0.4) is 0 Å². The molecule has 1 heteroatoms. The van der Waals surface area contributed by atoms with Crippen molar-refractivity contribution >= 4 is 0 Å². The SMILES string of the molecule is CCCCCCCC1CCC(C#C/C=C/C#Cc2ccc(OCCCCCC)cc2)CC1. The molecule has 0 aliphatic heterocycles. The molecule has 1 aromatic rings. The highest BCUT2D eigenvalue weighted by atomic mass is 16.5. The summed E-state index contributed by atoms with van der Waals surface area (Å²) in [4.78, 5) is 0. The zero-order valence-electron chi connectivity index (χ0n) is 20.6. The number of benzene rings is 1. The second-order valence-corrected chi connectivity index (χ2v) is 9.25. The van der Waals surface area contributed by atoms with Gasteiger partial charge in [0, 0.05) is 11.5 Å². The first kappa shape index (κ1) is 26.1. The van der Waals surface area contributed by atoms with E-state index in [0.717, 1.165) is 30.3 Å². The van der Waals surface area contributed by atoms with E-state index in [1.807, 2.05) is 36.4 Å². The molecule has 1 aliphatic carbocycles. The summed E-state index contributed by atoms with van der Waals surface area (Å²) in [7, 11) is 0. The molecule has 0 aromatic heterocycles. The zero-order valence-corrected chi connectivity index (χ0v) is 20.6. The third-order valence-electron chi connectivity index (χ3n) is 6.44. The molecule has 0 heterocycles. The third kappa shape index (κ3) is 12.1. The van der Waals surface area contributed by atoms with E-state index in [2.05, 4.69) is 37.5 Å². The van der Waals surface area contributed by atoms with Crippen molar-refractivity contribution in [1.82, 2.24) is 0 Å². The molecule has 0 atom stereocenters. The predicted molar refractivity (Wildman–Crippen MR) is 139 cm³/mol. The number of ether oxygens (including phenoxy) is 1. The molecule has 32 heavy (non-hydrogen) atoms. The fraction of sp³-hybridized carbons (Fsp3) is 0.613. The second-order valence-electron chi connectivity index (χ2n) is 9.25. The Hall–Kier alpha value is -2.12. The van der Waals surface area contributed by atoms with Gasteiger partial charge in [-0.3, -0.25) is 0 Å². The summed E-state index contributed by atoms with van der Waals surface area (Å²) in [6.07, 6.45) is 22.4. The van der Waals surface area contributed by atoms with Crippen LogP contribution in [0.4, 0.5) is 0 Å². The Morgan fingerprint density at radius 3 is 2.16 bits per heavy atom. The van der Waals surface area contributed by atoms with Gasteiger partial charge in [-0.25, -0.2) is 0 Å². The van der Waals surface area contributed by atoms with Crippen LogP contribution < -0.4 is 4.74 Å². The van der Waals surface area contributed by atoms with Gasteiger partial charge in [0.25, 0.3) is 0 Å². The number of allylic oxidation sites excluding steroid dienone is 2. The van der Waals surface area contributed by atoms with Gasteiger partial charge < -0.3 is 4.74 Å². The van der Waals surface area contributed by atoms with Crippen molar-refractivity contribution in [1.29, 1.82) is 0 Å². The van der Waals surface area contributed by atoms with Gasteiger partial charge >= 0.3 is 0 Å². The van der Waals surface area contributed by atoms with E-state index in [-0.39, 0.29) is 0 Å². The lowest BCUT2D eigenvalue weighted by molar-refractivity contribution is 0.294. The van der Waals surface area contributed by atoms with Gasteiger partial charge in [0.2, 0.25) is 0 Å². The molecule has 2 rings (SSSR count). The molecule has 0 amide bonds. The van der Waals surface area contributed by atoms with Gasteiger partial charge in [0.05, 0.1) is 6.61 Å². The largest absolute Gasteiger partial charge is 0.494 e. The van der Waals surface area contributed by atoms with Crippen LogP contribution in [0.25, 0.3) is 0 Å². The predicted octanol–water partition coefficient (Wildman–Crippen LogP) is 8.72. The van der Waals surface area contributed by atoms with E-state index in [1.165, 1.54) is 83.5 Å². The maximum atomic E-state index is 5.78. The molecule has 0 saturated heterocycles. The molecule has 1 nitrogen and oxygen atoms in total. The minimum absolute atomic E-state index is 0.582. The summed E-state index contributed by atoms with van der Waals surface area (Å²) >= 11 is 0. The van der Waals surface area contributed by atoms with Crippen LogP contribution in [-0.2, 0) is 0 Å². The lowest BCUT2D eigenvalue weighted by Gasteiger charge is -2.25. The Morgan fingerprint density at radius 2 is 1.44 bits per heavy atom. The summed E-state index contributed by atoms with van der Waals surface area (Å²) in [6.45, 7) is 5.31. The van der Waals surface area contributed by atoms with Crippen LogP contribution in [0.2, 0.25) is 0 Å². The van der Waals surface area contributed by atoms with Gasteiger partial charge in [0.15, 0.2) is 0 Å². The van der Waals surface area contributed by atoms with Crippen molar-refractivity contribution in [2.75, 3.05) is 6.61 Å². The van der Waals surface area contributed by atoms with Crippen LogP contribution >= 0.6 is 0 Å². The van der Waals surface area contributed by atoms with Crippen molar-refractivity contribution in [2.45, 2.75) is 104 Å². The van der Waals surface area contributed by atoms with E-state index in [1.54, 1.807) is 0 Å². The average Bonchev–Trinajstić information content (AvgIpc) is 2.83. The molecule has 0 unspecified atom stereocenters. The van der Waals surface area contributed by atoms with Gasteiger partial charge in [-0.1, -0.05) is 95.3 Å². The average molecular weight is 433 g/mol. The summed E-state index contributed by atoms with van der Waals surface area (Å²) in [5.74, 6) is 15.4. The van der Waals surface area contributed by atoms with Gasteiger partial charge in [-0.2, -0.15) is 0 Å². The van der Waals surface area contributed by atoms with Gasteiger partial charge in [0.1, 0.15) is 5.75 Å².